The summed E-state index contributed by atoms with van der Waals surface area (Å²) < 4.78 is 0. The number of nitrogens with one attached hydrogen (secondary N) is 1. The van der Waals surface area contributed by atoms with E-state index >= 15 is 0 Å². The minimum Gasteiger partial charge on any atom is -0.392 e. The number of nitriles is 1. The third-order valence-electron chi connectivity index (χ3n) is 2.01. The van der Waals surface area contributed by atoms with Gasteiger partial charge in [0, 0.05) is 6.42 Å². The second kappa shape index (κ2) is 6.59. The Kier molecular flexibility index (Phi) is 5.11. The van der Waals surface area contributed by atoms with E-state index in [9.17, 15) is 4.79 Å². The van der Waals surface area contributed by atoms with Crippen LogP contribution in [0, 0.1) is 11.3 Å². The molecule has 1 N–H and O–H groups in total. The fourth-order valence-electron chi connectivity index (χ4n) is 1.21. The molecular weight excluding hydrogens is 236 g/mol. The highest BCUT2D eigenvalue weighted by Crippen LogP contribution is 2.08. The zero-order valence-corrected chi connectivity index (χ0v) is 10.6. The van der Waals surface area contributed by atoms with Crippen LogP contribution in [0.25, 0.3) is 0 Å². The molecule has 1 aliphatic rings. The lowest BCUT2D eigenvalue weighted by molar-refractivity contribution is -0.114. The Morgan fingerprint density at radius 3 is 3.00 bits per heavy atom. The van der Waals surface area contributed by atoms with Crippen LogP contribution in [-0.4, -0.2) is 36.1 Å². The van der Waals surface area contributed by atoms with Crippen LogP contribution in [0.15, 0.2) is 10.3 Å². The molecule has 1 atom stereocenters. The monoisotopic (exact) mass is 252 g/mol. The first kappa shape index (κ1) is 14.0. The summed E-state index contributed by atoms with van der Waals surface area (Å²) in [6.45, 7) is 5.63. The first-order chi connectivity index (χ1) is 8.52. The highest BCUT2D eigenvalue weighted by Gasteiger charge is 2.18. The van der Waals surface area contributed by atoms with E-state index in [0.717, 1.165) is 5.71 Å². The molecule has 0 spiro atoms. The Labute approximate surface area is 105 Å². The lowest BCUT2D eigenvalue weighted by Crippen LogP contribution is -2.34. The predicted molar refractivity (Wildman–Crippen MR) is 64.9 cm³/mol. The molecule has 0 aromatic rings. The van der Waals surface area contributed by atoms with Crippen molar-refractivity contribution in [2.24, 2.45) is 10.3 Å². The Balaban J connectivity index is 2.44. The van der Waals surface area contributed by atoms with E-state index in [1.54, 1.807) is 19.9 Å². The minimum atomic E-state index is -0.583. The first-order valence-corrected chi connectivity index (χ1v) is 5.66. The number of carbonyl (C=O) groups is 1. The van der Waals surface area contributed by atoms with Crippen molar-refractivity contribution in [1.29, 1.82) is 5.26 Å². The van der Waals surface area contributed by atoms with Crippen molar-refractivity contribution < 1.29 is 14.5 Å². The van der Waals surface area contributed by atoms with Crippen molar-refractivity contribution in [2.75, 3.05) is 6.54 Å². The molecular formula is C11H16N4O3. The summed E-state index contributed by atoms with van der Waals surface area (Å²) >= 11 is 0. The number of oxime groups is 2. The van der Waals surface area contributed by atoms with Gasteiger partial charge >= 0.3 is 0 Å². The highest BCUT2D eigenvalue weighted by atomic mass is 16.6. The first-order valence-electron chi connectivity index (χ1n) is 5.66. The zero-order chi connectivity index (χ0) is 13.5. The Morgan fingerprint density at radius 1 is 1.78 bits per heavy atom. The summed E-state index contributed by atoms with van der Waals surface area (Å²) in [5.74, 6) is -0.583. The molecule has 0 radical (unpaired) electrons. The lowest BCUT2D eigenvalue weighted by atomic mass is 10.2. The van der Waals surface area contributed by atoms with Gasteiger partial charge in [0.15, 0.2) is 0 Å². The van der Waals surface area contributed by atoms with Crippen molar-refractivity contribution in [3.05, 3.63) is 0 Å². The van der Waals surface area contributed by atoms with Gasteiger partial charge < -0.3 is 15.0 Å². The molecule has 0 aromatic carbocycles. The van der Waals surface area contributed by atoms with Crippen molar-refractivity contribution in [1.82, 2.24) is 5.32 Å². The molecule has 0 fully saturated rings. The maximum absolute atomic E-state index is 11.6. The van der Waals surface area contributed by atoms with Crippen LogP contribution in [-0.2, 0) is 14.5 Å². The zero-order valence-electron chi connectivity index (χ0n) is 10.6. The molecule has 1 amide bonds. The number of nitrogens with zero attached hydrogens (tertiary/aromatic N) is 3. The molecule has 1 aliphatic heterocycles. The SMILES string of the molecule is CC(C)O/N=C(\C#N)C(=O)NCC1=NOC(C)C1. The van der Waals surface area contributed by atoms with Gasteiger partial charge in [-0.2, -0.15) is 5.26 Å². The van der Waals surface area contributed by atoms with Gasteiger partial charge in [0.25, 0.3) is 5.91 Å². The third kappa shape index (κ3) is 4.41. The molecule has 1 unspecified atom stereocenters. The number of carbonyl (C=O) groups excluding carboxylic acids is 1. The molecule has 0 aliphatic carbocycles. The number of hydrogen-bond donors (Lipinski definition) is 1. The van der Waals surface area contributed by atoms with E-state index in [4.69, 9.17) is 14.9 Å². The highest BCUT2D eigenvalue weighted by molar-refractivity contribution is 6.45. The van der Waals surface area contributed by atoms with Crippen molar-refractivity contribution in [3.8, 4) is 6.07 Å². The van der Waals surface area contributed by atoms with Crippen molar-refractivity contribution in [2.45, 2.75) is 39.4 Å². The lowest BCUT2D eigenvalue weighted by Gasteiger charge is -2.04. The Hall–Kier alpha value is -2.10. The second-order valence-electron chi connectivity index (χ2n) is 4.17. The number of amides is 1. The van der Waals surface area contributed by atoms with Gasteiger partial charge in [-0.15, -0.1) is 0 Å². The molecule has 0 bridgehead atoms. The summed E-state index contributed by atoms with van der Waals surface area (Å²) in [6, 6.07) is 1.68. The number of rotatable bonds is 5. The van der Waals surface area contributed by atoms with Crippen LogP contribution in [0.2, 0.25) is 0 Å². The standard InChI is InChI=1S/C11H16N4O3/c1-7(2)17-15-10(5-12)11(16)13-6-9-4-8(3)18-14-9/h7-8H,4,6H2,1-3H3,(H,13,16)/b15-10+. The molecule has 1 heterocycles. The third-order valence-corrected chi connectivity index (χ3v) is 2.01. The van der Waals surface area contributed by atoms with Gasteiger partial charge in [0.05, 0.1) is 12.3 Å². The molecule has 0 saturated carbocycles. The van der Waals surface area contributed by atoms with Crippen LogP contribution in [0.3, 0.4) is 0 Å². The maximum Gasteiger partial charge on any atom is 0.284 e. The number of hydrogen-bond acceptors (Lipinski definition) is 6. The average molecular weight is 252 g/mol. The second-order valence-corrected chi connectivity index (χ2v) is 4.17. The van der Waals surface area contributed by atoms with E-state index in [2.05, 4.69) is 15.6 Å². The van der Waals surface area contributed by atoms with Gasteiger partial charge in [0.2, 0.25) is 5.71 Å². The molecule has 1 rings (SSSR count). The smallest absolute Gasteiger partial charge is 0.284 e. The van der Waals surface area contributed by atoms with Gasteiger partial charge in [-0.1, -0.05) is 10.3 Å². The van der Waals surface area contributed by atoms with Gasteiger partial charge in [-0.3, -0.25) is 4.79 Å². The summed E-state index contributed by atoms with van der Waals surface area (Å²) in [4.78, 5) is 21.4. The van der Waals surface area contributed by atoms with Gasteiger partial charge in [-0.05, 0) is 20.8 Å². The van der Waals surface area contributed by atoms with E-state index in [-0.39, 0.29) is 24.5 Å². The Morgan fingerprint density at radius 2 is 2.50 bits per heavy atom. The van der Waals surface area contributed by atoms with E-state index in [1.807, 2.05) is 6.92 Å². The van der Waals surface area contributed by atoms with Crippen LogP contribution in [0.1, 0.15) is 27.2 Å². The summed E-state index contributed by atoms with van der Waals surface area (Å²) in [7, 11) is 0. The maximum atomic E-state index is 11.6. The van der Waals surface area contributed by atoms with Crippen LogP contribution in [0.4, 0.5) is 0 Å². The quantitative estimate of drug-likeness (QED) is 0.571. The minimum absolute atomic E-state index is 0.0327. The molecule has 7 heteroatoms. The van der Waals surface area contributed by atoms with Crippen molar-refractivity contribution >= 4 is 17.3 Å². The van der Waals surface area contributed by atoms with Crippen LogP contribution >= 0.6 is 0 Å². The van der Waals surface area contributed by atoms with Gasteiger partial charge in [0.1, 0.15) is 18.3 Å². The normalized spacial score (nSPS) is 18.9. The average Bonchev–Trinajstić information content (AvgIpc) is 2.73. The van der Waals surface area contributed by atoms with E-state index in [0.29, 0.717) is 6.42 Å². The van der Waals surface area contributed by atoms with Crippen LogP contribution in [0.5, 0.6) is 0 Å². The molecule has 18 heavy (non-hydrogen) atoms. The molecule has 7 nitrogen and oxygen atoms in total. The fourth-order valence-corrected chi connectivity index (χ4v) is 1.21. The van der Waals surface area contributed by atoms with Gasteiger partial charge in [-0.25, -0.2) is 0 Å². The molecule has 98 valence electrons. The van der Waals surface area contributed by atoms with E-state index in [1.165, 1.54) is 0 Å². The summed E-state index contributed by atoms with van der Waals surface area (Å²) in [6.07, 6.45) is 0.516. The molecule has 0 aromatic heterocycles. The Bertz CT molecular complexity index is 409. The van der Waals surface area contributed by atoms with E-state index < -0.39 is 5.91 Å². The largest absolute Gasteiger partial charge is 0.392 e. The molecule has 0 saturated heterocycles. The fraction of sp³-hybridized carbons (Fsp3) is 0.636. The summed E-state index contributed by atoms with van der Waals surface area (Å²) in [5.41, 5.74) is 0.425. The van der Waals surface area contributed by atoms with Crippen LogP contribution < -0.4 is 5.32 Å². The topological polar surface area (TPSA) is 96.1 Å². The van der Waals surface area contributed by atoms with Crippen molar-refractivity contribution in [3.63, 3.8) is 0 Å². The predicted octanol–water partition coefficient (Wildman–Crippen LogP) is 0.572. The summed E-state index contributed by atoms with van der Waals surface area (Å²) in [5, 5.41) is 18.6.